The molecule has 2 rings (SSSR count). The Labute approximate surface area is 129 Å². The highest BCUT2D eigenvalue weighted by atomic mass is 79.9. The number of carbonyl (C=O) groups is 1. The number of hydrogen-bond acceptors (Lipinski definition) is 2. The summed E-state index contributed by atoms with van der Waals surface area (Å²) in [6.07, 6.45) is 1.46. The van der Waals surface area contributed by atoms with Crippen molar-refractivity contribution in [2.45, 2.75) is 13.3 Å². The molecule has 0 unspecified atom stereocenters. The first-order valence-electron chi connectivity index (χ1n) is 5.82. The summed E-state index contributed by atoms with van der Waals surface area (Å²) < 4.78 is 14.4. The highest BCUT2D eigenvalue weighted by Gasteiger charge is 2.12. The maximum absolute atomic E-state index is 13.6. The van der Waals surface area contributed by atoms with E-state index in [1.165, 1.54) is 12.1 Å². The summed E-state index contributed by atoms with van der Waals surface area (Å²) in [5.41, 5.74) is 1.12. The lowest BCUT2D eigenvalue weighted by molar-refractivity contribution is -0.115. The molecule has 20 heavy (non-hydrogen) atoms. The highest BCUT2D eigenvalue weighted by molar-refractivity contribution is 9.10. The first kappa shape index (κ1) is 14.9. The van der Waals surface area contributed by atoms with E-state index in [4.69, 9.17) is 11.6 Å². The van der Waals surface area contributed by atoms with Crippen molar-refractivity contribution in [2.24, 2.45) is 0 Å². The van der Waals surface area contributed by atoms with Crippen LogP contribution in [-0.4, -0.2) is 10.9 Å². The van der Waals surface area contributed by atoms with E-state index in [2.05, 4.69) is 26.2 Å². The summed E-state index contributed by atoms with van der Waals surface area (Å²) in [5.74, 6) is -0.443. The predicted molar refractivity (Wildman–Crippen MR) is 80.4 cm³/mol. The van der Waals surface area contributed by atoms with Crippen LogP contribution in [0.2, 0.25) is 5.02 Å². The topological polar surface area (TPSA) is 42.0 Å². The van der Waals surface area contributed by atoms with Crippen molar-refractivity contribution in [1.29, 1.82) is 0 Å². The van der Waals surface area contributed by atoms with Crippen molar-refractivity contribution >= 4 is 39.3 Å². The lowest BCUT2D eigenvalue weighted by Gasteiger charge is -2.08. The van der Waals surface area contributed by atoms with E-state index in [1.54, 1.807) is 18.3 Å². The molecule has 0 aliphatic heterocycles. The van der Waals surface area contributed by atoms with Crippen LogP contribution < -0.4 is 5.32 Å². The van der Waals surface area contributed by atoms with Crippen LogP contribution in [0.15, 0.2) is 34.9 Å². The molecule has 0 aliphatic rings. The Morgan fingerprint density at radius 2 is 2.25 bits per heavy atom. The molecule has 3 nitrogen and oxygen atoms in total. The number of anilines is 1. The molecule has 104 valence electrons. The zero-order chi connectivity index (χ0) is 14.7. The fraction of sp³-hybridized carbons (Fsp3) is 0.143. The normalized spacial score (nSPS) is 10.4. The smallest absolute Gasteiger partial charge is 0.230 e. The molecule has 0 fully saturated rings. The van der Waals surface area contributed by atoms with Gasteiger partial charge in [-0.3, -0.25) is 4.79 Å². The minimum Gasteiger partial charge on any atom is -0.310 e. The van der Waals surface area contributed by atoms with Crippen molar-refractivity contribution in [3.8, 4) is 0 Å². The number of nitrogens with one attached hydrogen (secondary N) is 1. The predicted octanol–water partition coefficient (Wildman–Crippen LogP) is 4.13. The number of pyridine rings is 1. The van der Waals surface area contributed by atoms with Crippen molar-refractivity contribution in [3.05, 3.63) is 56.9 Å². The third-order valence-electron chi connectivity index (χ3n) is 2.71. The van der Waals surface area contributed by atoms with Crippen LogP contribution in [0.3, 0.4) is 0 Å². The van der Waals surface area contributed by atoms with E-state index in [0.717, 1.165) is 10.0 Å². The molecular formula is C14H11BrClFN2O. The van der Waals surface area contributed by atoms with E-state index >= 15 is 0 Å². The third kappa shape index (κ3) is 3.55. The van der Waals surface area contributed by atoms with Gasteiger partial charge in [0.1, 0.15) is 11.6 Å². The maximum atomic E-state index is 13.6. The number of nitrogens with zero attached hydrogens (tertiary/aromatic N) is 1. The second kappa shape index (κ2) is 6.33. The van der Waals surface area contributed by atoms with Crippen LogP contribution in [0.25, 0.3) is 0 Å². The average Bonchev–Trinajstić information content (AvgIpc) is 2.38. The lowest BCUT2D eigenvalue weighted by Crippen LogP contribution is -2.16. The molecule has 0 saturated carbocycles. The van der Waals surface area contributed by atoms with Crippen LogP contribution in [-0.2, 0) is 11.2 Å². The van der Waals surface area contributed by atoms with E-state index < -0.39 is 5.82 Å². The molecule has 1 aromatic carbocycles. The number of halogens is 3. The number of aromatic nitrogens is 1. The lowest BCUT2D eigenvalue weighted by atomic mass is 10.1. The van der Waals surface area contributed by atoms with Crippen LogP contribution in [0, 0.1) is 12.7 Å². The van der Waals surface area contributed by atoms with Gasteiger partial charge >= 0.3 is 0 Å². The van der Waals surface area contributed by atoms with Gasteiger partial charge in [0.2, 0.25) is 5.91 Å². The molecule has 0 aliphatic carbocycles. The SMILES string of the molecule is Cc1cc(NC(=O)Cc2c(F)cccc2Cl)ncc1Br. The van der Waals surface area contributed by atoms with Crippen LogP contribution in [0.4, 0.5) is 10.2 Å². The summed E-state index contributed by atoms with van der Waals surface area (Å²) >= 11 is 9.21. The summed E-state index contributed by atoms with van der Waals surface area (Å²) in [7, 11) is 0. The van der Waals surface area contributed by atoms with Crippen molar-refractivity contribution in [2.75, 3.05) is 5.32 Å². The molecule has 0 saturated heterocycles. The van der Waals surface area contributed by atoms with Gasteiger partial charge in [0.25, 0.3) is 0 Å². The molecule has 1 amide bonds. The first-order valence-corrected chi connectivity index (χ1v) is 6.99. The summed E-state index contributed by atoms with van der Waals surface area (Å²) in [6.45, 7) is 1.88. The summed E-state index contributed by atoms with van der Waals surface area (Å²) in [4.78, 5) is 16.0. The van der Waals surface area contributed by atoms with Gasteiger partial charge in [-0.2, -0.15) is 0 Å². The van der Waals surface area contributed by atoms with Crippen molar-refractivity contribution in [1.82, 2.24) is 4.98 Å². The fourth-order valence-electron chi connectivity index (χ4n) is 1.66. The van der Waals surface area contributed by atoms with Crippen LogP contribution in [0.1, 0.15) is 11.1 Å². The standard InChI is InChI=1S/C14H11BrClFN2O/c1-8-5-13(18-7-10(8)15)19-14(20)6-9-11(16)3-2-4-12(9)17/h2-5,7H,6H2,1H3,(H,18,19,20). The monoisotopic (exact) mass is 356 g/mol. The zero-order valence-electron chi connectivity index (χ0n) is 10.6. The molecular weight excluding hydrogens is 347 g/mol. The third-order valence-corrected chi connectivity index (χ3v) is 3.90. The first-order chi connectivity index (χ1) is 9.47. The van der Waals surface area contributed by atoms with Crippen molar-refractivity contribution < 1.29 is 9.18 Å². The Morgan fingerprint density at radius 1 is 1.50 bits per heavy atom. The molecule has 0 bridgehead atoms. The van der Waals surface area contributed by atoms with E-state index in [9.17, 15) is 9.18 Å². The van der Waals surface area contributed by atoms with E-state index in [1.807, 2.05) is 6.92 Å². The quantitative estimate of drug-likeness (QED) is 0.897. The largest absolute Gasteiger partial charge is 0.310 e. The van der Waals surface area contributed by atoms with Gasteiger partial charge in [-0.25, -0.2) is 9.37 Å². The Kier molecular flexibility index (Phi) is 4.73. The number of aryl methyl sites for hydroxylation is 1. The zero-order valence-corrected chi connectivity index (χ0v) is 12.9. The van der Waals surface area contributed by atoms with Crippen LogP contribution in [0.5, 0.6) is 0 Å². The van der Waals surface area contributed by atoms with E-state index in [0.29, 0.717) is 5.82 Å². The second-order valence-electron chi connectivity index (χ2n) is 4.24. The molecule has 0 spiro atoms. The van der Waals surface area contributed by atoms with Crippen molar-refractivity contribution in [3.63, 3.8) is 0 Å². The number of carbonyl (C=O) groups excluding carboxylic acids is 1. The molecule has 1 aromatic heterocycles. The summed E-state index contributed by atoms with van der Waals surface area (Å²) in [5, 5.41) is 2.85. The number of benzene rings is 1. The minimum absolute atomic E-state index is 0.137. The Balaban J connectivity index is 2.11. The number of hydrogen-bond donors (Lipinski definition) is 1. The summed E-state index contributed by atoms with van der Waals surface area (Å²) in [6, 6.07) is 6.05. The van der Waals surface area contributed by atoms with Gasteiger partial charge in [0.15, 0.2) is 0 Å². The van der Waals surface area contributed by atoms with Crippen LogP contribution >= 0.6 is 27.5 Å². The second-order valence-corrected chi connectivity index (χ2v) is 5.51. The van der Waals surface area contributed by atoms with Gasteiger partial charge in [0.05, 0.1) is 6.42 Å². The molecule has 0 atom stereocenters. The van der Waals surface area contributed by atoms with Gasteiger partial charge in [0, 0.05) is 21.3 Å². The Morgan fingerprint density at radius 3 is 2.90 bits per heavy atom. The van der Waals surface area contributed by atoms with Gasteiger partial charge < -0.3 is 5.32 Å². The van der Waals surface area contributed by atoms with Gasteiger partial charge in [-0.05, 0) is 46.6 Å². The molecule has 2 aromatic rings. The number of rotatable bonds is 3. The average molecular weight is 358 g/mol. The fourth-order valence-corrected chi connectivity index (χ4v) is 2.10. The van der Waals surface area contributed by atoms with Gasteiger partial charge in [-0.1, -0.05) is 17.7 Å². The Bertz CT molecular complexity index is 643. The molecule has 1 heterocycles. The van der Waals surface area contributed by atoms with E-state index in [-0.39, 0.29) is 22.9 Å². The van der Waals surface area contributed by atoms with Gasteiger partial charge in [-0.15, -0.1) is 0 Å². The molecule has 0 radical (unpaired) electrons. The maximum Gasteiger partial charge on any atom is 0.230 e. The highest BCUT2D eigenvalue weighted by Crippen LogP contribution is 2.21. The minimum atomic E-state index is -0.493. The molecule has 1 N–H and O–H groups in total. The molecule has 6 heteroatoms. The Hall–Kier alpha value is -1.46. The number of amides is 1.